The summed E-state index contributed by atoms with van der Waals surface area (Å²) < 4.78 is 5.14. The van der Waals surface area contributed by atoms with Gasteiger partial charge in [-0.2, -0.15) is 0 Å². The molecule has 3 heteroatoms. The first-order valence-electron chi connectivity index (χ1n) is 3.84. The van der Waals surface area contributed by atoms with Crippen LogP contribution >= 0.6 is 0 Å². The number of hydrogen-bond donors (Lipinski definition) is 1. The molecule has 0 aromatic carbocycles. The van der Waals surface area contributed by atoms with Crippen LogP contribution in [0.15, 0.2) is 24.0 Å². The molecule has 0 heterocycles. The first kappa shape index (κ1) is 10.8. The number of ether oxygens (including phenoxy) is 1. The zero-order chi connectivity index (χ0) is 9.40. The van der Waals surface area contributed by atoms with Gasteiger partial charge in [0.2, 0.25) is 0 Å². The molecule has 0 bridgehead atoms. The lowest BCUT2D eigenvalue weighted by Gasteiger charge is -2.03. The van der Waals surface area contributed by atoms with Crippen molar-refractivity contribution in [3.05, 3.63) is 24.0 Å². The molecule has 0 saturated heterocycles. The van der Waals surface area contributed by atoms with Gasteiger partial charge >= 0.3 is 5.97 Å². The molecule has 0 fully saturated rings. The number of carboxylic acid groups (broad SMARTS) is 1. The molecule has 0 aromatic heterocycles. The highest BCUT2D eigenvalue weighted by Gasteiger charge is 1.96. The minimum Gasteiger partial charge on any atom is -0.493 e. The maximum atomic E-state index is 10.1. The molecule has 1 N–H and O–H groups in total. The van der Waals surface area contributed by atoms with Gasteiger partial charge in [-0.1, -0.05) is 6.08 Å². The summed E-state index contributed by atoms with van der Waals surface area (Å²) in [5.41, 5.74) is 0. The quantitative estimate of drug-likeness (QED) is 0.506. The van der Waals surface area contributed by atoms with E-state index in [2.05, 4.69) is 0 Å². The van der Waals surface area contributed by atoms with Gasteiger partial charge in [-0.05, 0) is 26.0 Å². The lowest BCUT2D eigenvalue weighted by Crippen LogP contribution is -2.01. The Morgan fingerprint density at radius 3 is 2.58 bits per heavy atom. The topological polar surface area (TPSA) is 46.5 Å². The van der Waals surface area contributed by atoms with Crippen molar-refractivity contribution in [3.8, 4) is 0 Å². The fourth-order valence-electron chi connectivity index (χ4n) is 0.648. The molecule has 68 valence electrons. The Labute approximate surface area is 72.3 Å². The zero-order valence-corrected chi connectivity index (χ0v) is 7.41. The summed E-state index contributed by atoms with van der Waals surface area (Å²) in [4.78, 5) is 10.1. The van der Waals surface area contributed by atoms with E-state index in [9.17, 15) is 4.79 Å². The van der Waals surface area contributed by atoms with Crippen molar-refractivity contribution in [1.29, 1.82) is 0 Å². The molecule has 0 saturated carbocycles. The highest BCUT2D eigenvalue weighted by atomic mass is 16.5. The minimum absolute atomic E-state index is 0.0366. The number of hydrogen-bond acceptors (Lipinski definition) is 2. The van der Waals surface area contributed by atoms with Crippen molar-refractivity contribution in [2.24, 2.45) is 0 Å². The third-order valence-corrected chi connectivity index (χ3v) is 1.20. The molecule has 0 rings (SSSR count). The van der Waals surface area contributed by atoms with Crippen molar-refractivity contribution in [2.75, 3.05) is 6.61 Å². The van der Waals surface area contributed by atoms with Crippen LogP contribution in [0, 0.1) is 0 Å². The van der Waals surface area contributed by atoms with Gasteiger partial charge in [-0.15, -0.1) is 0 Å². The van der Waals surface area contributed by atoms with Crippen LogP contribution in [0.25, 0.3) is 0 Å². The molecule has 3 nitrogen and oxygen atoms in total. The Bertz CT molecular complexity index is 192. The second-order valence-corrected chi connectivity index (χ2v) is 2.18. The van der Waals surface area contributed by atoms with E-state index in [1.807, 2.05) is 19.9 Å². The molecule has 0 atom stereocenters. The van der Waals surface area contributed by atoms with Crippen molar-refractivity contribution in [3.63, 3.8) is 0 Å². The van der Waals surface area contributed by atoms with Gasteiger partial charge in [-0.3, -0.25) is 4.79 Å². The van der Waals surface area contributed by atoms with E-state index >= 15 is 0 Å². The number of aliphatic carboxylic acids is 1. The number of allylic oxidation sites excluding steroid dienone is 3. The third kappa shape index (κ3) is 5.53. The van der Waals surface area contributed by atoms with Crippen molar-refractivity contribution >= 4 is 5.97 Å². The Hall–Kier alpha value is -1.25. The average Bonchev–Trinajstić information content (AvgIpc) is 2.02. The van der Waals surface area contributed by atoms with Crippen LogP contribution in [0.4, 0.5) is 0 Å². The van der Waals surface area contributed by atoms with E-state index < -0.39 is 5.97 Å². The van der Waals surface area contributed by atoms with Crippen molar-refractivity contribution in [2.45, 2.75) is 20.3 Å². The summed E-state index contributed by atoms with van der Waals surface area (Å²) >= 11 is 0. The molecule has 0 aliphatic carbocycles. The smallest absolute Gasteiger partial charge is 0.306 e. The van der Waals surface area contributed by atoms with Crippen LogP contribution in [0.5, 0.6) is 0 Å². The normalized spacial score (nSPS) is 12.0. The zero-order valence-electron chi connectivity index (χ0n) is 7.41. The van der Waals surface area contributed by atoms with E-state index in [4.69, 9.17) is 9.84 Å². The average molecular weight is 170 g/mol. The van der Waals surface area contributed by atoms with Crippen LogP contribution in [-0.4, -0.2) is 17.7 Å². The van der Waals surface area contributed by atoms with Gasteiger partial charge in [0.15, 0.2) is 0 Å². The Kier molecular flexibility index (Phi) is 5.79. The number of carboxylic acids is 1. The molecule has 12 heavy (non-hydrogen) atoms. The summed E-state index contributed by atoms with van der Waals surface area (Å²) in [6.07, 6.45) is 5.47. The maximum Gasteiger partial charge on any atom is 0.306 e. The van der Waals surface area contributed by atoms with Crippen LogP contribution in [0.1, 0.15) is 20.3 Å². The molecular formula is C9H14O3. The molecular weight excluding hydrogens is 156 g/mol. The van der Waals surface area contributed by atoms with Gasteiger partial charge in [0.1, 0.15) is 5.76 Å². The second kappa shape index (κ2) is 6.46. The third-order valence-electron chi connectivity index (χ3n) is 1.20. The molecule has 0 spiro atoms. The van der Waals surface area contributed by atoms with E-state index in [1.165, 1.54) is 0 Å². The van der Waals surface area contributed by atoms with Crippen LogP contribution in [0.3, 0.4) is 0 Å². The largest absolute Gasteiger partial charge is 0.493 e. The Balaban J connectivity index is 3.67. The highest BCUT2D eigenvalue weighted by molar-refractivity contribution is 5.66. The van der Waals surface area contributed by atoms with E-state index in [0.29, 0.717) is 5.76 Å². The molecule has 0 unspecified atom stereocenters. The standard InChI is InChI=1S/C9H14O3/c1-3-5-8(4-2)12-7-6-9(10)11/h3-5H,6-7H2,1-2H3,(H,10,11)/b5-3-,8-4+. The lowest BCUT2D eigenvalue weighted by molar-refractivity contribution is -0.137. The molecule has 0 aromatic rings. The first-order valence-corrected chi connectivity index (χ1v) is 3.84. The van der Waals surface area contributed by atoms with Crippen molar-refractivity contribution < 1.29 is 14.6 Å². The van der Waals surface area contributed by atoms with Gasteiger partial charge in [0.05, 0.1) is 13.0 Å². The van der Waals surface area contributed by atoms with Crippen LogP contribution in [-0.2, 0) is 9.53 Å². The van der Waals surface area contributed by atoms with E-state index in [1.54, 1.807) is 12.2 Å². The van der Waals surface area contributed by atoms with Gasteiger partial charge in [-0.25, -0.2) is 0 Å². The predicted octanol–water partition coefficient (Wildman–Crippen LogP) is 1.96. The van der Waals surface area contributed by atoms with E-state index in [-0.39, 0.29) is 13.0 Å². The first-order chi connectivity index (χ1) is 5.70. The summed E-state index contributed by atoms with van der Waals surface area (Å²) in [6, 6.07) is 0. The molecule has 0 radical (unpaired) electrons. The summed E-state index contributed by atoms with van der Waals surface area (Å²) in [5, 5.41) is 8.31. The fraction of sp³-hybridized carbons (Fsp3) is 0.444. The van der Waals surface area contributed by atoms with Gasteiger partial charge in [0, 0.05) is 0 Å². The Morgan fingerprint density at radius 2 is 2.17 bits per heavy atom. The van der Waals surface area contributed by atoms with E-state index in [0.717, 1.165) is 0 Å². The molecule has 0 aliphatic heterocycles. The van der Waals surface area contributed by atoms with Gasteiger partial charge in [0.25, 0.3) is 0 Å². The van der Waals surface area contributed by atoms with Crippen LogP contribution in [0.2, 0.25) is 0 Å². The monoisotopic (exact) mass is 170 g/mol. The lowest BCUT2D eigenvalue weighted by atomic mass is 10.4. The van der Waals surface area contributed by atoms with Crippen LogP contribution < -0.4 is 0 Å². The summed E-state index contributed by atoms with van der Waals surface area (Å²) in [5.74, 6) is -0.135. The SMILES string of the molecule is C/C=C\C(=C/C)OCCC(=O)O. The number of rotatable bonds is 5. The maximum absolute atomic E-state index is 10.1. The van der Waals surface area contributed by atoms with Crippen molar-refractivity contribution in [1.82, 2.24) is 0 Å². The molecule has 0 aliphatic rings. The fourth-order valence-corrected chi connectivity index (χ4v) is 0.648. The predicted molar refractivity (Wildman–Crippen MR) is 46.8 cm³/mol. The van der Waals surface area contributed by atoms with Gasteiger partial charge < -0.3 is 9.84 Å². The summed E-state index contributed by atoms with van der Waals surface area (Å²) in [6.45, 7) is 3.94. The summed E-state index contributed by atoms with van der Waals surface area (Å²) in [7, 11) is 0. The number of carbonyl (C=O) groups is 1. The Morgan fingerprint density at radius 1 is 1.50 bits per heavy atom. The highest BCUT2D eigenvalue weighted by Crippen LogP contribution is 1.99. The second-order valence-electron chi connectivity index (χ2n) is 2.18. The minimum atomic E-state index is -0.842. The molecule has 0 amide bonds.